The molecule has 6 aromatic heterocycles. The Morgan fingerprint density at radius 3 is 1.05 bits per heavy atom. The second-order valence-corrected chi connectivity index (χ2v) is 21.4. The number of fused-ring (bicyclic) bond motifs is 2. The molecular weight excluding hydrogens is 1350 g/mol. The number of pyridine rings is 2. The van der Waals surface area contributed by atoms with Crippen LogP contribution >= 0.6 is 0 Å². The van der Waals surface area contributed by atoms with Crippen molar-refractivity contribution < 1.29 is 126 Å². The van der Waals surface area contributed by atoms with E-state index in [0.717, 1.165) is 47.7 Å². The number of hydrogen-bond acceptors (Lipinski definition) is 22. The van der Waals surface area contributed by atoms with Crippen LogP contribution < -0.4 is 9.47 Å². The number of hydrogen-bond donors (Lipinski definition) is 12. The van der Waals surface area contributed by atoms with Gasteiger partial charge in [-0.2, -0.15) is 36.5 Å². The summed E-state index contributed by atoms with van der Waals surface area (Å²) in [5.41, 5.74) is 3.76. The maximum absolute atomic E-state index is 13.6. The number of carboxylic acids is 6. The third-order valence-corrected chi connectivity index (χ3v) is 14.4. The maximum atomic E-state index is 13.6. The normalized spacial score (nSPS) is 15.9. The summed E-state index contributed by atoms with van der Waals surface area (Å²) in [7, 11) is 3.10. The van der Waals surface area contributed by atoms with Crippen LogP contribution in [0.4, 0.5) is 26.3 Å². The van der Waals surface area contributed by atoms with Gasteiger partial charge in [0.2, 0.25) is 11.8 Å². The molecule has 8 heterocycles. The summed E-state index contributed by atoms with van der Waals surface area (Å²) in [4.78, 5) is 85.3. The lowest BCUT2D eigenvalue weighted by Crippen LogP contribution is -2.39. The van der Waals surface area contributed by atoms with Crippen molar-refractivity contribution in [3.05, 3.63) is 166 Å². The van der Waals surface area contributed by atoms with Crippen molar-refractivity contribution >= 4 is 60.1 Å². The summed E-state index contributed by atoms with van der Waals surface area (Å²) in [6, 6.07) is 18.8. The highest BCUT2D eigenvalue weighted by Gasteiger charge is 2.39. The van der Waals surface area contributed by atoms with Gasteiger partial charge in [0.05, 0.1) is 60.8 Å². The molecule has 2 aliphatic heterocycles. The Kier molecular flexibility index (Phi) is 26.6. The number of imidazole rings is 2. The van der Waals surface area contributed by atoms with Gasteiger partial charge in [0.25, 0.3) is 0 Å². The van der Waals surface area contributed by atoms with Gasteiger partial charge in [0.15, 0.2) is 48.3 Å². The molecule has 0 unspecified atom stereocenters. The fourth-order valence-electron chi connectivity index (χ4n) is 9.60. The highest BCUT2D eigenvalue weighted by molar-refractivity contribution is 5.84. The minimum absolute atomic E-state index is 0.237. The zero-order valence-electron chi connectivity index (χ0n) is 52.7. The first-order chi connectivity index (χ1) is 47.1. The Hall–Kier alpha value is -11.3. The Bertz CT molecular complexity index is 3900. The Balaban J connectivity index is 0.000000225. The molecule has 38 heteroatoms. The van der Waals surface area contributed by atoms with E-state index in [1.165, 1.54) is 24.3 Å². The molecule has 12 N–H and O–H groups in total. The number of aryl methyl sites for hydroxylation is 4. The predicted molar refractivity (Wildman–Crippen MR) is 330 cm³/mol. The molecular formula is C62H64F6N12O20. The number of halogens is 6. The molecule has 8 atom stereocenters. The predicted octanol–water partition coefficient (Wildman–Crippen LogP) is 4.21. The lowest BCUT2D eigenvalue weighted by molar-refractivity contribution is -0.165. The first kappa shape index (κ1) is 77.7. The van der Waals surface area contributed by atoms with E-state index in [1.54, 1.807) is 72.7 Å². The first-order valence-electron chi connectivity index (χ1n) is 29.2. The second kappa shape index (κ2) is 34.3. The number of aliphatic hydroxyl groups excluding tert-OH is 6. The minimum Gasteiger partial charge on any atom is -0.479 e. The summed E-state index contributed by atoms with van der Waals surface area (Å²) in [5.74, 6) is -8.74. The molecule has 0 aliphatic carbocycles. The van der Waals surface area contributed by atoms with E-state index >= 15 is 0 Å². The van der Waals surface area contributed by atoms with Gasteiger partial charge in [0, 0.05) is 37.3 Å². The molecule has 0 amide bonds. The van der Waals surface area contributed by atoms with Crippen molar-refractivity contribution in [2.24, 2.45) is 0 Å². The van der Waals surface area contributed by atoms with Crippen LogP contribution in [0.2, 0.25) is 0 Å². The lowest BCUT2D eigenvalue weighted by Gasteiger charge is -2.25. The summed E-state index contributed by atoms with van der Waals surface area (Å²) in [6.45, 7) is 5.03. The summed E-state index contributed by atoms with van der Waals surface area (Å²) < 4.78 is 99.7. The van der Waals surface area contributed by atoms with Crippen LogP contribution in [-0.2, 0) is 54.2 Å². The Morgan fingerprint density at radius 2 is 0.780 bits per heavy atom. The quantitative estimate of drug-likeness (QED) is 0.0504. The number of nitrogens with zero attached hydrogens (tertiary/aromatic N) is 12. The van der Waals surface area contributed by atoms with E-state index in [1.807, 2.05) is 59.6 Å². The minimum atomic E-state index is -4.42. The lowest BCUT2D eigenvalue weighted by atomic mass is 9.88. The number of ether oxygens (including phenoxy) is 2. The van der Waals surface area contributed by atoms with Crippen LogP contribution in [0.5, 0.6) is 11.8 Å². The van der Waals surface area contributed by atoms with Crippen molar-refractivity contribution in [3.8, 4) is 23.1 Å². The van der Waals surface area contributed by atoms with Crippen LogP contribution in [-0.4, -0.2) is 207 Å². The number of aliphatic carboxylic acids is 6. The van der Waals surface area contributed by atoms with E-state index in [2.05, 4.69) is 40.1 Å². The molecule has 0 saturated carbocycles. The zero-order valence-corrected chi connectivity index (χ0v) is 52.7. The molecule has 0 radical (unpaired) electrons. The second-order valence-electron chi connectivity index (χ2n) is 21.4. The van der Waals surface area contributed by atoms with E-state index in [4.69, 9.17) is 70.8 Å². The number of aromatic nitrogens is 12. The maximum Gasteiger partial charge on any atom is 0.416 e. The molecule has 32 nitrogen and oxygen atoms in total. The van der Waals surface area contributed by atoms with E-state index in [9.17, 15) is 55.1 Å². The Morgan fingerprint density at radius 1 is 0.470 bits per heavy atom. The summed E-state index contributed by atoms with van der Waals surface area (Å²) >= 11 is 0. The van der Waals surface area contributed by atoms with E-state index in [0.29, 0.717) is 72.4 Å². The third kappa shape index (κ3) is 20.4. The van der Waals surface area contributed by atoms with Crippen LogP contribution in [0.1, 0.15) is 106 Å². The topological polar surface area (TPSA) is 486 Å². The number of aliphatic hydroxyl groups is 6. The SMILES string of the molecule is COc1nc(/C=C/c2nc3n(n2)CCC[C@H]3c2ccccc2C(F)(F)F)ccc1-n1cnc(C)c1.COc1nc(/C=C/c2nc3n(n2)CCC[C@H]3c2ccccc2C(F)(F)F)ccc1-n1cnc(C)c1.O=C(O)[C@@H](O)[C@H](O)C(=O)O.O=C(O)[C@@H](O)[C@H](O)C(=O)O.O=C(O)[C@@H](O)[C@H](O)C(=O)O. The van der Waals surface area contributed by atoms with Crippen LogP contribution in [0.3, 0.4) is 0 Å². The third-order valence-electron chi connectivity index (χ3n) is 14.4. The number of alkyl halides is 6. The fraction of sp³-hybridized carbons (Fsp3) is 0.323. The van der Waals surface area contributed by atoms with Crippen molar-refractivity contribution in [1.82, 2.24) is 58.6 Å². The summed E-state index contributed by atoms with van der Waals surface area (Å²) in [6.07, 6.45) is -5.75. The van der Waals surface area contributed by atoms with Gasteiger partial charge in [-0.05, 0) is 111 Å². The number of rotatable bonds is 19. The van der Waals surface area contributed by atoms with Gasteiger partial charge in [-0.15, -0.1) is 0 Å². The average Bonchev–Trinajstić information content (AvgIpc) is 1.48. The average molecular weight is 1410 g/mol. The van der Waals surface area contributed by atoms with Gasteiger partial charge < -0.3 is 79.9 Å². The molecule has 10 rings (SSSR count). The standard InChI is InChI=1S/2C25H23F3N6O.3C4H6O6/c2*1-16-14-33(15-29-16)21-11-9-17(30-24(21)35-2)10-12-22-31-23-19(7-5-13-34(23)32-22)18-6-3-4-8-20(18)25(26,27)28;3*5-1(3(7)8)2(6)4(9)10/h2*3-4,6,8-12,14-15,19H,5,7,13H2,1-2H3;3*1-2,5-6H,(H,7,8)(H,9,10)/b2*12-10+;;;/t2*19-;3*1-,2-/m00000/s1. The van der Waals surface area contributed by atoms with Crippen LogP contribution in [0, 0.1) is 13.8 Å². The smallest absolute Gasteiger partial charge is 0.416 e. The van der Waals surface area contributed by atoms with Crippen molar-refractivity contribution in [2.75, 3.05) is 14.2 Å². The molecule has 0 saturated heterocycles. The van der Waals surface area contributed by atoms with Gasteiger partial charge in [-0.25, -0.2) is 68.0 Å². The van der Waals surface area contributed by atoms with Crippen LogP contribution in [0.15, 0.2) is 97.8 Å². The van der Waals surface area contributed by atoms with Crippen molar-refractivity contribution in [2.45, 2.75) is 113 Å². The van der Waals surface area contributed by atoms with Gasteiger partial charge >= 0.3 is 48.2 Å². The summed E-state index contributed by atoms with van der Waals surface area (Å²) in [5, 5.41) is 107. The molecule has 100 heavy (non-hydrogen) atoms. The molecule has 0 fully saturated rings. The van der Waals surface area contributed by atoms with E-state index < -0.39 is 108 Å². The Labute approximate surface area is 560 Å². The zero-order chi connectivity index (χ0) is 74.1. The molecule has 8 aromatic rings. The van der Waals surface area contributed by atoms with E-state index in [-0.39, 0.29) is 11.1 Å². The van der Waals surface area contributed by atoms with Gasteiger partial charge in [0.1, 0.15) is 23.0 Å². The first-order valence-corrected chi connectivity index (χ1v) is 29.2. The highest BCUT2D eigenvalue weighted by Crippen LogP contribution is 2.42. The number of carboxylic acid groups (broad SMARTS) is 6. The van der Waals surface area contributed by atoms with Crippen LogP contribution in [0.25, 0.3) is 35.7 Å². The number of benzene rings is 2. The molecule has 0 spiro atoms. The number of carbonyl (C=O) groups is 6. The largest absolute Gasteiger partial charge is 0.479 e. The van der Waals surface area contributed by atoms with Gasteiger partial charge in [-0.3, -0.25) is 0 Å². The molecule has 534 valence electrons. The van der Waals surface area contributed by atoms with Crippen molar-refractivity contribution in [3.63, 3.8) is 0 Å². The molecule has 2 aliphatic rings. The van der Waals surface area contributed by atoms with Gasteiger partial charge in [-0.1, -0.05) is 36.4 Å². The van der Waals surface area contributed by atoms with Crippen molar-refractivity contribution in [1.29, 1.82) is 0 Å². The monoisotopic (exact) mass is 1410 g/mol. The molecule has 0 bridgehead atoms. The highest BCUT2D eigenvalue weighted by atomic mass is 19.4. The fourth-order valence-corrected chi connectivity index (χ4v) is 9.60. The number of methoxy groups -OCH3 is 2. The molecule has 2 aromatic carbocycles.